The average molecular weight is 423 g/mol. The maximum atomic E-state index is 12.9. The van der Waals surface area contributed by atoms with Crippen LogP contribution in [0, 0.1) is 0 Å². The summed E-state index contributed by atoms with van der Waals surface area (Å²) in [5.41, 5.74) is 4.38. The van der Waals surface area contributed by atoms with Crippen LogP contribution in [0.3, 0.4) is 0 Å². The molecule has 1 aliphatic rings. The zero-order valence-electron chi connectivity index (χ0n) is 18.5. The SMILES string of the molecule is CCCC(NC(=O)Cc1ccc(CCC(=O)O)cc1)c1ccccc1N1CCCCC1. The molecular weight excluding hydrogens is 388 g/mol. The van der Waals surface area contributed by atoms with Crippen molar-refractivity contribution in [2.45, 2.75) is 64.3 Å². The summed E-state index contributed by atoms with van der Waals surface area (Å²) in [7, 11) is 0. The molecule has 166 valence electrons. The summed E-state index contributed by atoms with van der Waals surface area (Å²) in [6.45, 7) is 4.31. The molecule has 1 saturated heterocycles. The van der Waals surface area contributed by atoms with Gasteiger partial charge in [-0.1, -0.05) is 55.8 Å². The van der Waals surface area contributed by atoms with E-state index in [2.05, 4.69) is 41.4 Å². The van der Waals surface area contributed by atoms with Crippen molar-refractivity contribution in [2.24, 2.45) is 0 Å². The number of carboxylic acid groups (broad SMARTS) is 1. The van der Waals surface area contributed by atoms with E-state index in [0.29, 0.717) is 12.8 Å². The number of hydrogen-bond acceptors (Lipinski definition) is 3. The van der Waals surface area contributed by atoms with Crippen LogP contribution in [0.5, 0.6) is 0 Å². The van der Waals surface area contributed by atoms with Crippen molar-refractivity contribution < 1.29 is 14.7 Å². The van der Waals surface area contributed by atoms with Gasteiger partial charge in [0.25, 0.3) is 0 Å². The number of carbonyl (C=O) groups is 2. The minimum Gasteiger partial charge on any atom is -0.481 e. The number of aryl methyl sites for hydroxylation is 1. The predicted molar refractivity (Wildman–Crippen MR) is 124 cm³/mol. The van der Waals surface area contributed by atoms with E-state index in [9.17, 15) is 9.59 Å². The van der Waals surface area contributed by atoms with Crippen LogP contribution in [0.2, 0.25) is 0 Å². The average Bonchev–Trinajstić information content (AvgIpc) is 2.79. The van der Waals surface area contributed by atoms with Gasteiger partial charge in [0.2, 0.25) is 5.91 Å². The fourth-order valence-corrected chi connectivity index (χ4v) is 4.30. The Morgan fingerprint density at radius 1 is 1.00 bits per heavy atom. The topological polar surface area (TPSA) is 69.6 Å². The second kappa shape index (κ2) is 11.5. The van der Waals surface area contributed by atoms with Crippen LogP contribution in [0.4, 0.5) is 5.69 Å². The molecule has 1 unspecified atom stereocenters. The smallest absolute Gasteiger partial charge is 0.303 e. The standard InChI is InChI=1S/C26H34N2O3/c1-2-8-23(22-9-4-5-10-24(22)28-17-6-3-7-18-28)27-25(29)19-21-13-11-20(12-14-21)15-16-26(30)31/h4-5,9-14,23H,2-3,6-8,15-19H2,1H3,(H,27,29)(H,30,31). The van der Waals surface area contributed by atoms with Gasteiger partial charge in [-0.2, -0.15) is 0 Å². The van der Waals surface area contributed by atoms with E-state index in [4.69, 9.17) is 5.11 Å². The summed E-state index contributed by atoms with van der Waals surface area (Å²) in [5, 5.41) is 12.1. The van der Waals surface area contributed by atoms with Crippen molar-refractivity contribution in [1.82, 2.24) is 5.32 Å². The third kappa shape index (κ3) is 6.84. The first-order valence-electron chi connectivity index (χ1n) is 11.5. The van der Waals surface area contributed by atoms with E-state index < -0.39 is 5.97 Å². The number of piperidine rings is 1. The van der Waals surface area contributed by atoms with Crippen LogP contribution in [0.25, 0.3) is 0 Å². The summed E-state index contributed by atoms with van der Waals surface area (Å²) >= 11 is 0. The van der Waals surface area contributed by atoms with Gasteiger partial charge in [0, 0.05) is 25.2 Å². The second-order valence-electron chi connectivity index (χ2n) is 8.40. The lowest BCUT2D eigenvalue weighted by molar-refractivity contribution is -0.137. The van der Waals surface area contributed by atoms with Crippen molar-refractivity contribution in [3.63, 3.8) is 0 Å². The number of carbonyl (C=O) groups excluding carboxylic acids is 1. The van der Waals surface area contributed by atoms with Crippen LogP contribution in [0.1, 0.15) is 68.2 Å². The summed E-state index contributed by atoms with van der Waals surface area (Å²) in [5.74, 6) is -0.777. The molecule has 2 aromatic rings. The summed E-state index contributed by atoms with van der Waals surface area (Å²) in [4.78, 5) is 26.0. The minimum atomic E-state index is -0.796. The number of hydrogen-bond donors (Lipinski definition) is 2. The van der Waals surface area contributed by atoms with Crippen LogP contribution in [0.15, 0.2) is 48.5 Å². The molecule has 5 heteroatoms. The first-order valence-corrected chi connectivity index (χ1v) is 11.5. The first kappa shape index (κ1) is 22.9. The first-order chi connectivity index (χ1) is 15.1. The third-order valence-electron chi connectivity index (χ3n) is 5.94. The summed E-state index contributed by atoms with van der Waals surface area (Å²) < 4.78 is 0. The van der Waals surface area contributed by atoms with E-state index in [1.54, 1.807) is 0 Å². The van der Waals surface area contributed by atoms with Crippen LogP contribution < -0.4 is 10.2 Å². The Kier molecular flexibility index (Phi) is 8.51. The molecule has 5 nitrogen and oxygen atoms in total. The molecule has 2 aromatic carbocycles. The molecule has 31 heavy (non-hydrogen) atoms. The van der Waals surface area contributed by atoms with Crippen molar-refractivity contribution in [1.29, 1.82) is 0 Å². The number of amides is 1. The zero-order chi connectivity index (χ0) is 22.1. The molecule has 1 atom stereocenters. The lowest BCUT2D eigenvalue weighted by Crippen LogP contribution is -2.34. The zero-order valence-corrected chi connectivity index (χ0v) is 18.5. The monoisotopic (exact) mass is 422 g/mol. The number of benzene rings is 2. The van der Waals surface area contributed by atoms with E-state index in [0.717, 1.165) is 37.1 Å². The molecule has 1 aliphatic heterocycles. The molecule has 0 spiro atoms. The number of anilines is 1. The molecule has 0 bridgehead atoms. The second-order valence-corrected chi connectivity index (χ2v) is 8.40. The Hall–Kier alpha value is -2.82. The van der Waals surface area contributed by atoms with E-state index >= 15 is 0 Å². The van der Waals surface area contributed by atoms with Crippen molar-refractivity contribution in [3.8, 4) is 0 Å². The largest absolute Gasteiger partial charge is 0.481 e. The predicted octanol–water partition coefficient (Wildman–Crippen LogP) is 4.89. The molecule has 2 N–H and O–H groups in total. The molecule has 0 aromatic heterocycles. The lowest BCUT2D eigenvalue weighted by Gasteiger charge is -2.32. The Morgan fingerprint density at radius 2 is 1.68 bits per heavy atom. The van der Waals surface area contributed by atoms with Gasteiger partial charge in [0.1, 0.15) is 0 Å². The van der Waals surface area contributed by atoms with Gasteiger partial charge < -0.3 is 15.3 Å². The highest BCUT2D eigenvalue weighted by atomic mass is 16.4. The van der Waals surface area contributed by atoms with Crippen molar-refractivity contribution in [3.05, 3.63) is 65.2 Å². The molecule has 1 fully saturated rings. The van der Waals surface area contributed by atoms with Gasteiger partial charge in [-0.05, 0) is 54.9 Å². The van der Waals surface area contributed by atoms with E-state index in [1.807, 2.05) is 24.3 Å². The van der Waals surface area contributed by atoms with E-state index in [-0.39, 0.29) is 18.4 Å². The maximum Gasteiger partial charge on any atom is 0.303 e. The van der Waals surface area contributed by atoms with Gasteiger partial charge in [-0.25, -0.2) is 0 Å². The highest BCUT2D eigenvalue weighted by Crippen LogP contribution is 2.31. The Bertz CT molecular complexity index is 857. The quantitative estimate of drug-likeness (QED) is 0.572. The number of aliphatic carboxylic acids is 1. The highest BCUT2D eigenvalue weighted by molar-refractivity contribution is 5.79. The maximum absolute atomic E-state index is 12.9. The molecule has 1 amide bonds. The third-order valence-corrected chi connectivity index (χ3v) is 5.94. The number of nitrogens with zero attached hydrogens (tertiary/aromatic N) is 1. The van der Waals surface area contributed by atoms with Gasteiger partial charge in [0.05, 0.1) is 12.5 Å². The molecule has 0 radical (unpaired) electrons. The molecule has 3 rings (SSSR count). The number of rotatable bonds is 10. The fourth-order valence-electron chi connectivity index (χ4n) is 4.30. The van der Waals surface area contributed by atoms with Gasteiger partial charge in [-0.3, -0.25) is 9.59 Å². The Morgan fingerprint density at radius 3 is 2.35 bits per heavy atom. The normalized spacial score (nSPS) is 14.8. The van der Waals surface area contributed by atoms with Gasteiger partial charge in [0.15, 0.2) is 0 Å². The summed E-state index contributed by atoms with van der Waals surface area (Å²) in [6, 6.07) is 16.2. The Labute approximate surface area is 185 Å². The van der Waals surface area contributed by atoms with Crippen LogP contribution in [-0.4, -0.2) is 30.1 Å². The van der Waals surface area contributed by atoms with Gasteiger partial charge >= 0.3 is 5.97 Å². The summed E-state index contributed by atoms with van der Waals surface area (Å²) in [6.07, 6.45) is 6.60. The van der Waals surface area contributed by atoms with Crippen LogP contribution in [-0.2, 0) is 22.4 Å². The number of nitrogens with one attached hydrogen (secondary N) is 1. The van der Waals surface area contributed by atoms with Crippen molar-refractivity contribution in [2.75, 3.05) is 18.0 Å². The fraction of sp³-hybridized carbons (Fsp3) is 0.462. The molecular formula is C26H34N2O3. The highest BCUT2D eigenvalue weighted by Gasteiger charge is 2.21. The molecule has 1 heterocycles. The molecule has 0 saturated carbocycles. The van der Waals surface area contributed by atoms with Gasteiger partial charge in [-0.15, -0.1) is 0 Å². The molecule has 0 aliphatic carbocycles. The minimum absolute atomic E-state index is 0.00506. The number of para-hydroxylation sites is 1. The van der Waals surface area contributed by atoms with Crippen LogP contribution >= 0.6 is 0 Å². The number of carboxylic acids is 1. The van der Waals surface area contributed by atoms with Crippen molar-refractivity contribution >= 4 is 17.6 Å². The Balaban J connectivity index is 1.66. The van der Waals surface area contributed by atoms with E-state index in [1.165, 1.54) is 30.5 Å². The lowest BCUT2D eigenvalue weighted by atomic mass is 9.97.